The predicted octanol–water partition coefficient (Wildman–Crippen LogP) is 5.10. The first-order valence-electron chi connectivity index (χ1n) is 10.2. The molecular weight excluding hydrogens is 407 g/mol. The summed E-state index contributed by atoms with van der Waals surface area (Å²) in [5, 5.41) is 0.891. The number of aromatic nitrogens is 2. The van der Waals surface area contributed by atoms with Crippen LogP contribution < -0.4 is 4.90 Å². The number of ether oxygens (including phenoxy) is 1. The Morgan fingerprint density at radius 2 is 1.90 bits per heavy atom. The highest BCUT2D eigenvalue weighted by molar-refractivity contribution is 5.94. The molecule has 0 unspecified atom stereocenters. The lowest BCUT2D eigenvalue weighted by Gasteiger charge is -2.31. The second kappa shape index (κ2) is 8.53. The fourth-order valence-corrected chi connectivity index (χ4v) is 3.87. The highest BCUT2D eigenvalue weighted by Gasteiger charge is 2.32. The maximum atomic E-state index is 12.8. The molecule has 0 N–H and O–H groups in total. The SMILES string of the molecule is CCOC(=O)C1CCN(c2ccc3cccc(-c4ccc(C(F)(F)F)nc4)c3n2)CC1. The minimum absolute atomic E-state index is 0.0922. The molecule has 0 atom stereocenters. The zero-order chi connectivity index (χ0) is 22.0. The number of halogens is 3. The molecule has 3 aromatic rings. The number of fused-ring (bicyclic) bond motifs is 1. The molecule has 8 heteroatoms. The third kappa shape index (κ3) is 4.47. The summed E-state index contributed by atoms with van der Waals surface area (Å²) in [7, 11) is 0. The number of para-hydroxylation sites is 1. The Labute approximate surface area is 177 Å². The van der Waals surface area contributed by atoms with Gasteiger partial charge in [-0.1, -0.05) is 24.3 Å². The van der Waals surface area contributed by atoms with Gasteiger partial charge in [0.15, 0.2) is 0 Å². The van der Waals surface area contributed by atoms with Crippen molar-refractivity contribution in [3.05, 3.63) is 54.4 Å². The maximum absolute atomic E-state index is 12.8. The van der Waals surface area contributed by atoms with Crippen LogP contribution in [0, 0.1) is 5.92 Å². The lowest BCUT2D eigenvalue weighted by Crippen LogP contribution is -2.37. The highest BCUT2D eigenvalue weighted by atomic mass is 19.4. The number of benzene rings is 1. The summed E-state index contributed by atoms with van der Waals surface area (Å²) in [5.74, 6) is 0.540. The molecule has 0 spiro atoms. The summed E-state index contributed by atoms with van der Waals surface area (Å²) in [4.78, 5) is 22.5. The van der Waals surface area contributed by atoms with Crippen molar-refractivity contribution >= 4 is 22.7 Å². The van der Waals surface area contributed by atoms with Gasteiger partial charge in [0, 0.05) is 35.8 Å². The summed E-state index contributed by atoms with van der Waals surface area (Å²) in [6.07, 6.45) is -1.85. The molecule has 3 heterocycles. The molecule has 31 heavy (non-hydrogen) atoms. The molecule has 1 aromatic carbocycles. The summed E-state index contributed by atoms with van der Waals surface area (Å²) in [6, 6.07) is 11.9. The van der Waals surface area contributed by atoms with Gasteiger partial charge in [-0.15, -0.1) is 0 Å². The van der Waals surface area contributed by atoms with E-state index in [0.29, 0.717) is 43.6 Å². The fourth-order valence-electron chi connectivity index (χ4n) is 3.87. The Morgan fingerprint density at radius 3 is 2.55 bits per heavy atom. The number of carbonyl (C=O) groups is 1. The number of anilines is 1. The molecule has 0 saturated carbocycles. The lowest BCUT2D eigenvalue weighted by molar-refractivity contribution is -0.148. The molecule has 0 aliphatic carbocycles. The number of hydrogen-bond donors (Lipinski definition) is 0. The Kier molecular flexibility index (Phi) is 5.80. The predicted molar refractivity (Wildman–Crippen MR) is 112 cm³/mol. The number of hydrogen-bond acceptors (Lipinski definition) is 5. The van der Waals surface area contributed by atoms with Gasteiger partial charge in [-0.05, 0) is 38.0 Å². The maximum Gasteiger partial charge on any atom is 0.433 e. The van der Waals surface area contributed by atoms with Crippen LogP contribution in [0.3, 0.4) is 0 Å². The molecule has 162 valence electrons. The average molecular weight is 429 g/mol. The lowest BCUT2D eigenvalue weighted by atomic mass is 9.97. The van der Waals surface area contributed by atoms with Crippen LogP contribution in [-0.4, -0.2) is 35.6 Å². The molecule has 5 nitrogen and oxygen atoms in total. The second-order valence-electron chi connectivity index (χ2n) is 7.49. The van der Waals surface area contributed by atoms with Crippen molar-refractivity contribution in [3.8, 4) is 11.1 Å². The topological polar surface area (TPSA) is 55.3 Å². The summed E-state index contributed by atoms with van der Waals surface area (Å²) in [5.41, 5.74) is 1.08. The van der Waals surface area contributed by atoms with E-state index in [4.69, 9.17) is 9.72 Å². The summed E-state index contributed by atoms with van der Waals surface area (Å²) < 4.78 is 43.7. The quantitative estimate of drug-likeness (QED) is 0.541. The standard InChI is InChI=1S/C23H22F3N3O2/c1-2-31-22(30)16-10-12-29(13-11-16)20-9-7-15-4-3-5-18(21(15)28-20)17-6-8-19(27-14-17)23(24,25)26/h3-9,14,16H,2,10-13H2,1H3. The summed E-state index contributed by atoms with van der Waals surface area (Å²) >= 11 is 0. The van der Waals surface area contributed by atoms with Gasteiger partial charge in [0.05, 0.1) is 18.0 Å². The fraction of sp³-hybridized carbons (Fsp3) is 0.348. The van der Waals surface area contributed by atoms with E-state index in [1.807, 2.05) is 30.3 Å². The normalized spacial score (nSPS) is 15.3. The average Bonchev–Trinajstić information content (AvgIpc) is 2.78. The van der Waals surface area contributed by atoms with E-state index >= 15 is 0 Å². The van der Waals surface area contributed by atoms with Crippen LogP contribution >= 0.6 is 0 Å². The molecule has 0 amide bonds. The highest BCUT2D eigenvalue weighted by Crippen LogP contribution is 2.32. The minimum Gasteiger partial charge on any atom is -0.466 e. The van der Waals surface area contributed by atoms with Crippen LogP contribution in [0.4, 0.5) is 19.0 Å². The van der Waals surface area contributed by atoms with Gasteiger partial charge in [-0.2, -0.15) is 13.2 Å². The van der Waals surface area contributed by atoms with Gasteiger partial charge in [0.25, 0.3) is 0 Å². The first-order valence-corrected chi connectivity index (χ1v) is 10.2. The van der Waals surface area contributed by atoms with E-state index in [9.17, 15) is 18.0 Å². The largest absolute Gasteiger partial charge is 0.466 e. The van der Waals surface area contributed by atoms with Crippen molar-refractivity contribution in [1.82, 2.24) is 9.97 Å². The van der Waals surface area contributed by atoms with Gasteiger partial charge < -0.3 is 9.64 Å². The van der Waals surface area contributed by atoms with E-state index < -0.39 is 11.9 Å². The molecule has 4 rings (SSSR count). The van der Waals surface area contributed by atoms with Crippen molar-refractivity contribution in [2.45, 2.75) is 25.9 Å². The Hall–Kier alpha value is -3.16. The monoisotopic (exact) mass is 429 g/mol. The minimum atomic E-state index is -4.47. The molecule has 0 radical (unpaired) electrons. The smallest absolute Gasteiger partial charge is 0.433 e. The van der Waals surface area contributed by atoms with Crippen molar-refractivity contribution < 1.29 is 22.7 Å². The third-order valence-electron chi connectivity index (χ3n) is 5.51. The number of alkyl halides is 3. The Bertz CT molecular complexity index is 1080. The van der Waals surface area contributed by atoms with E-state index in [-0.39, 0.29) is 11.9 Å². The number of carbonyl (C=O) groups excluding carboxylic acids is 1. The molecule has 1 fully saturated rings. The zero-order valence-electron chi connectivity index (χ0n) is 17.0. The van der Waals surface area contributed by atoms with Crippen LogP contribution in [0.2, 0.25) is 0 Å². The summed E-state index contributed by atoms with van der Waals surface area (Å²) in [6.45, 7) is 3.56. The van der Waals surface area contributed by atoms with Gasteiger partial charge >= 0.3 is 12.1 Å². The Balaban J connectivity index is 1.60. The molecule has 0 bridgehead atoms. The van der Waals surface area contributed by atoms with Crippen molar-refractivity contribution in [1.29, 1.82) is 0 Å². The second-order valence-corrected chi connectivity index (χ2v) is 7.49. The van der Waals surface area contributed by atoms with Crippen molar-refractivity contribution in [3.63, 3.8) is 0 Å². The van der Waals surface area contributed by atoms with E-state index in [0.717, 1.165) is 22.8 Å². The molecule has 1 aliphatic heterocycles. The number of rotatable bonds is 4. The van der Waals surface area contributed by atoms with Crippen LogP contribution in [0.5, 0.6) is 0 Å². The van der Waals surface area contributed by atoms with Crippen molar-refractivity contribution in [2.75, 3.05) is 24.6 Å². The third-order valence-corrected chi connectivity index (χ3v) is 5.51. The van der Waals surface area contributed by atoms with Crippen molar-refractivity contribution in [2.24, 2.45) is 5.92 Å². The number of nitrogens with zero attached hydrogens (tertiary/aromatic N) is 3. The van der Waals surface area contributed by atoms with Crippen LogP contribution in [-0.2, 0) is 15.7 Å². The number of esters is 1. The molecule has 1 aliphatic rings. The first-order chi connectivity index (χ1) is 14.9. The first kappa shape index (κ1) is 21.1. The van der Waals surface area contributed by atoms with Crippen LogP contribution in [0.25, 0.3) is 22.0 Å². The van der Waals surface area contributed by atoms with Gasteiger partial charge in [-0.3, -0.25) is 9.78 Å². The van der Waals surface area contributed by atoms with Crippen LogP contribution in [0.1, 0.15) is 25.5 Å². The Morgan fingerprint density at radius 1 is 1.13 bits per heavy atom. The van der Waals surface area contributed by atoms with Gasteiger partial charge in [0.1, 0.15) is 11.5 Å². The number of pyridine rings is 2. The van der Waals surface area contributed by atoms with Crippen LogP contribution in [0.15, 0.2) is 48.7 Å². The van der Waals surface area contributed by atoms with Gasteiger partial charge in [-0.25, -0.2) is 4.98 Å². The van der Waals surface area contributed by atoms with E-state index in [1.165, 1.54) is 12.3 Å². The van der Waals surface area contributed by atoms with E-state index in [1.54, 1.807) is 6.92 Å². The van der Waals surface area contributed by atoms with E-state index in [2.05, 4.69) is 9.88 Å². The zero-order valence-corrected chi connectivity index (χ0v) is 17.0. The van der Waals surface area contributed by atoms with Gasteiger partial charge in [0.2, 0.25) is 0 Å². The molecular formula is C23H22F3N3O2. The molecule has 2 aromatic heterocycles. The number of piperidine rings is 1. The molecule has 1 saturated heterocycles.